The van der Waals surface area contributed by atoms with Crippen LogP contribution in [0.15, 0.2) is 30.6 Å². The molecule has 0 saturated carbocycles. The zero-order valence-electron chi connectivity index (χ0n) is 14.4. The summed E-state index contributed by atoms with van der Waals surface area (Å²) in [6.45, 7) is 1.76. The first-order valence-corrected chi connectivity index (χ1v) is 8.84. The third-order valence-electron chi connectivity index (χ3n) is 5.36. The van der Waals surface area contributed by atoms with E-state index in [1.807, 2.05) is 0 Å². The van der Waals surface area contributed by atoms with Crippen LogP contribution in [0.3, 0.4) is 0 Å². The van der Waals surface area contributed by atoms with Crippen LogP contribution in [0.2, 0.25) is 0 Å². The van der Waals surface area contributed by atoms with E-state index in [0.717, 1.165) is 35.1 Å². The van der Waals surface area contributed by atoms with Gasteiger partial charge in [0.1, 0.15) is 17.7 Å². The molecule has 2 aromatic heterocycles. The average molecular weight is 372 g/mol. The summed E-state index contributed by atoms with van der Waals surface area (Å²) in [4.78, 5) is 6.60. The van der Waals surface area contributed by atoms with Crippen molar-refractivity contribution in [2.24, 2.45) is 5.73 Å². The highest BCUT2D eigenvalue weighted by Gasteiger charge is 2.37. The molecule has 0 amide bonds. The first-order valence-electron chi connectivity index (χ1n) is 8.84. The van der Waals surface area contributed by atoms with Gasteiger partial charge in [0.25, 0.3) is 0 Å². The minimum atomic E-state index is -0.647. The molecule has 7 nitrogen and oxygen atoms in total. The molecule has 2 aliphatic heterocycles. The van der Waals surface area contributed by atoms with Crippen molar-refractivity contribution in [3.8, 4) is 0 Å². The number of hydrogen-bond acceptors (Lipinski definition) is 6. The van der Waals surface area contributed by atoms with Gasteiger partial charge in [-0.1, -0.05) is 0 Å². The lowest BCUT2D eigenvalue weighted by Crippen LogP contribution is -2.47. The van der Waals surface area contributed by atoms with E-state index in [1.165, 1.54) is 0 Å². The van der Waals surface area contributed by atoms with Gasteiger partial charge in [0.2, 0.25) is 0 Å². The lowest BCUT2D eigenvalue weighted by Gasteiger charge is -2.38. The fourth-order valence-corrected chi connectivity index (χ4v) is 4.03. The van der Waals surface area contributed by atoms with Crippen molar-refractivity contribution in [2.75, 3.05) is 6.61 Å². The van der Waals surface area contributed by atoms with E-state index >= 15 is 0 Å². The number of aromatic nitrogens is 4. The minimum absolute atomic E-state index is 0.0822. The largest absolute Gasteiger partial charge is 0.370 e. The first kappa shape index (κ1) is 16.7. The summed E-state index contributed by atoms with van der Waals surface area (Å²) in [5, 5.41) is 8.65. The third kappa shape index (κ3) is 2.78. The standard InChI is InChI=1S/C18H18F2N6O/c19-10-1-2-14(20)12(5-10)17-15(21)6-11(9-27-17)25-7-13-16(8-25)24-26-18(13)22-3-4-23-26/h1-5,11,15,17H,6-9,21H2/t11-,15?,17-/m1/s1. The van der Waals surface area contributed by atoms with Crippen LogP contribution in [-0.4, -0.2) is 43.4 Å². The van der Waals surface area contributed by atoms with Gasteiger partial charge in [0.15, 0.2) is 5.65 Å². The summed E-state index contributed by atoms with van der Waals surface area (Å²) in [6, 6.07) is 3.03. The summed E-state index contributed by atoms with van der Waals surface area (Å²) in [6.07, 6.45) is 3.23. The number of ether oxygens (including phenoxy) is 1. The van der Waals surface area contributed by atoms with Crippen molar-refractivity contribution in [2.45, 2.75) is 37.7 Å². The second-order valence-electron chi connectivity index (χ2n) is 7.06. The van der Waals surface area contributed by atoms with Gasteiger partial charge in [-0.15, -0.1) is 4.63 Å². The van der Waals surface area contributed by atoms with E-state index in [-0.39, 0.29) is 11.6 Å². The van der Waals surface area contributed by atoms with E-state index in [0.29, 0.717) is 26.1 Å². The van der Waals surface area contributed by atoms with Crippen molar-refractivity contribution in [3.05, 3.63) is 59.0 Å². The molecule has 3 atom stereocenters. The Bertz CT molecular complexity index is 1010. The molecule has 0 aliphatic carbocycles. The van der Waals surface area contributed by atoms with Crippen LogP contribution in [0, 0.1) is 11.6 Å². The van der Waals surface area contributed by atoms with E-state index in [1.54, 1.807) is 17.0 Å². The predicted molar refractivity (Wildman–Crippen MR) is 91.5 cm³/mol. The summed E-state index contributed by atoms with van der Waals surface area (Å²) in [5.41, 5.74) is 9.23. The third-order valence-corrected chi connectivity index (χ3v) is 5.36. The minimum Gasteiger partial charge on any atom is -0.370 e. The highest BCUT2D eigenvalue weighted by molar-refractivity contribution is 5.50. The molecular weight excluding hydrogens is 354 g/mol. The molecule has 1 saturated heterocycles. The average Bonchev–Trinajstić information content (AvgIpc) is 3.22. The van der Waals surface area contributed by atoms with Crippen molar-refractivity contribution in [3.63, 3.8) is 0 Å². The molecule has 2 aliphatic rings. The van der Waals surface area contributed by atoms with Gasteiger partial charge >= 0.3 is 0 Å². The zero-order valence-corrected chi connectivity index (χ0v) is 14.4. The van der Waals surface area contributed by atoms with Crippen molar-refractivity contribution >= 4 is 5.65 Å². The van der Waals surface area contributed by atoms with E-state index in [2.05, 4.69) is 20.1 Å². The van der Waals surface area contributed by atoms with Crippen LogP contribution in [0.1, 0.15) is 29.3 Å². The Hall–Kier alpha value is -2.49. The van der Waals surface area contributed by atoms with Crippen LogP contribution in [-0.2, 0) is 17.8 Å². The molecule has 2 N–H and O–H groups in total. The lowest BCUT2D eigenvalue weighted by molar-refractivity contribution is -0.0532. The number of hydrogen-bond donors (Lipinski definition) is 1. The molecule has 1 fully saturated rings. The SMILES string of the molecule is NC1C[C@@H](N2Cc3nn4nccnc4c3C2)CO[C@@H]1c1cc(F)ccc1F. The predicted octanol–water partition coefficient (Wildman–Crippen LogP) is 1.58. The Morgan fingerprint density at radius 3 is 2.93 bits per heavy atom. The quantitative estimate of drug-likeness (QED) is 0.736. The summed E-state index contributed by atoms with van der Waals surface area (Å²) >= 11 is 0. The smallest absolute Gasteiger partial charge is 0.180 e. The fourth-order valence-electron chi connectivity index (χ4n) is 4.03. The Morgan fingerprint density at radius 1 is 1.19 bits per heavy atom. The molecule has 5 rings (SSSR count). The van der Waals surface area contributed by atoms with E-state index < -0.39 is 23.8 Å². The Kier molecular flexibility index (Phi) is 3.88. The molecule has 1 aromatic carbocycles. The van der Waals surface area contributed by atoms with Gasteiger partial charge in [-0.05, 0) is 24.6 Å². The Balaban J connectivity index is 1.32. The van der Waals surface area contributed by atoms with Gasteiger partial charge in [-0.2, -0.15) is 10.2 Å². The molecule has 3 aromatic rings. The maximum absolute atomic E-state index is 14.1. The summed E-state index contributed by atoms with van der Waals surface area (Å²) < 4.78 is 35.0. The van der Waals surface area contributed by atoms with Gasteiger partial charge in [-0.25, -0.2) is 13.8 Å². The van der Waals surface area contributed by atoms with Crippen LogP contribution in [0.4, 0.5) is 8.78 Å². The van der Waals surface area contributed by atoms with Crippen molar-refractivity contribution < 1.29 is 13.5 Å². The lowest BCUT2D eigenvalue weighted by atomic mass is 9.93. The zero-order chi connectivity index (χ0) is 18.5. The molecule has 1 unspecified atom stereocenters. The molecule has 9 heteroatoms. The summed E-state index contributed by atoms with van der Waals surface area (Å²) in [7, 11) is 0. The molecule has 4 heterocycles. The number of fused-ring (bicyclic) bond motifs is 3. The molecule has 140 valence electrons. The van der Waals surface area contributed by atoms with E-state index in [9.17, 15) is 8.78 Å². The molecular formula is C18H18F2N6O. The number of halogens is 2. The molecule has 0 spiro atoms. The van der Waals surface area contributed by atoms with Crippen molar-refractivity contribution in [1.29, 1.82) is 0 Å². The number of nitrogens with zero attached hydrogens (tertiary/aromatic N) is 5. The highest BCUT2D eigenvalue weighted by atomic mass is 19.1. The second-order valence-corrected chi connectivity index (χ2v) is 7.06. The van der Waals surface area contributed by atoms with Crippen LogP contribution >= 0.6 is 0 Å². The van der Waals surface area contributed by atoms with Gasteiger partial charge in [0.05, 0.1) is 18.5 Å². The number of nitrogens with two attached hydrogens (primary N) is 1. The fraction of sp³-hybridized carbons (Fsp3) is 0.389. The Labute approximate surface area is 153 Å². The number of benzene rings is 1. The summed E-state index contributed by atoms with van der Waals surface area (Å²) in [5.74, 6) is -0.994. The van der Waals surface area contributed by atoms with Gasteiger partial charge < -0.3 is 10.5 Å². The monoisotopic (exact) mass is 372 g/mol. The maximum atomic E-state index is 14.1. The Morgan fingerprint density at radius 2 is 2.07 bits per heavy atom. The van der Waals surface area contributed by atoms with Crippen LogP contribution in [0.5, 0.6) is 0 Å². The normalized spacial score (nSPS) is 25.8. The molecule has 27 heavy (non-hydrogen) atoms. The first-order chi connectivity index (χ1) is 13.1. The van der Waals surface area contributed by atoms with Gasteiger partial charge in [-0.3, -0.25) is 4.90 Å². The maximum Gasteiger partial charge on any atom is 0.180 e. The van der Waals surface area contributed by atoms with Crippen LogP contribution < -0.4 is 5.73 Å². The molecule has 0 radical (unpaired) electrons. The topological polar surface area (TPSA) is 81.6 Å². The van der Waals surface area contributed by atoms with E-state index in [4.69, 9.17) is 10.5 Å². The van der Waals surface area contributed by atoms with Crippen LogP contribution in [0.25, 0.3) is 5.65 Å². The van der Waals surface area contributed by atoms with Crippen molar-refractivity contribution in [1.82, 2.24) is 24.7 Å². The second kappa shape index (κ2) is 6.29. The highest BCUT2D eigenvalue weighted by Crippen LogP contribution is 2.34. The molecule has 0 bridgehead atoms. The van der Waals surface area contributed by atoms with Gasteiger partial charge in [0, 0.05) is 42.5 Å². The number of rotatable bonds is 2.